The molecule has 40 heavy (non-hydrogen) atoms. The number of alkyl halides is 3. The first-order valence-corrected chi connectivity index (χ1v) is 15.0. The molecule has 10 nitrogen and oxygen atoms in total. The molecule has 0 aromatic carbocycles. The average molecular weight is 597 g/mol. The Morgan fingerprint density at radius 1 is 1.12 bits per heavy atom. The second-order valence-electron chi connectivity index (χ2n) is 11.9. The summed E-state index contributed by atoms with van der Waals surface area (Å²) >= 11 is 0. The molecule has 0 aromatic rings. The fraction of sp³-hybridized carbons (Fsp3) is 0.760. The van der Waals surface area contributed by atoms with Crippen LogP contribution in [0.3, 0.4) is 0 Å². The molecule has 226 valence electrons. The van der Waals surface area contributed by atoms with Crippen LogP contribution in [0.2, 0.25) is 0 Å². The molecule has 6 atom stereocenters. The quantitative estimate of drug-likeness (QED) is 0.364. The van der Waals surface area contributed by atoms with Crippen molar-refractivity contribution < 1.29 is 45.2 Å². The molecule has 0 radical (unpaired) electrons. The molecule has 4 amide bonds. The van der Waals surface area contributed by atoms with Gasteiger partial charge in [-0.15, -0.1) is 0 Å². The zero-order chi connectivity index (χ0) is 30.2. The highest BCUT2D eigenvalue weighted by Crippen LogP contribution is 2.43. The van der Waals surface area contributed by atoms with E-state index in [-0.39, 0.29) is 30.7 Å². The number of nitrogens with zero attached hydrogens (tertiary/aromatic N) is 1. The van der Waals surface area contributed by atoms with Crippen LogP contribution in [0, 0.1) is 23.2 Å². The first-order chi connectivity index (χ1) is 18.3. The summed E-state index contributed by atoms with van der Waals surface area (Å²) in [6, 6.07) is -3.95. The van der Waals surface area contributed by atoms with E-state index in [1.165, 1.54) is 25.7 Å². The molecular formula is C25H36F4N4O6S. The Morgan fingerprint density at radius 3 is 2.30 bits per heavy atom. The Morgan fingerprint density at radius 2 is 1.77 bits per heavy atom. The van der Waals surface area contributed by atoms with Gasteiger partial charge in [0.25, 0.3) is 0 Å². The van der Waals surface area contributed by atoms with Gasteiger partial charge >= 0.3 is 12.1 Å². The number of sulfone groups is 1. The van der Waals surface area contributed by atoms with Gasteiger partial charge in [0.1, 0.15) is 12.1 Å². The standard InChI is InChI=1S/C25H36F4N4O6S/c1-24(2,3)19(32-23(37)25(27,28)29)22(36)33-12-14-6-5-7-16(14)18(33)21(35)31-15(11-17(26)40(4,38)39)10-13-8-9-30-20(13)34/h11,13-16,18-19H,5-10,12H2,1-4H3,(H,30,34)(H,31,35)(H,32,37)/b17-11-/t13-,14-,15+,16-,18+,19+/m1/s1. The van der Waals surface area contributed by atoms with Crippen molar-refractivity contribution in [2.45, 2.75) is 77.2 Å². The topological polar surface area (TPSA) is 142 Å². The van der Waals surface area contributed by atoms with Gasteiger partial charge in [0, 0.05) is 25.3 Å². The number of carbonyl (C=O) groups is 4. The van der Waals surface area contributed by atoms with Crippen molar-refractivity contribution in [2.75, 3.05) is 19.3 Å². The molecular weight excluding hydrogens is 560 g/mol. The minimum atomic E-state index is -5.22. The Kier molecular flexibility index (Phi) is 9.26. The number of likely N-dealkylation sites (tertiary alicyclic amines) is 1. The minimum absolute atomic E-state index is 0.0826. The van der Waals surface area contributed by atoms with Gasteiger partial charge in [0.05, 0.1) is 6.04 Å². The molecule has 0 bridgehead atoms. The maximum atomic E-state index is 14.5. The molecule has 0 aromatic heterocycles. The predicted molar refractivity (Wildman–Crippen MR) is 135 cm³/mol. The Hall–Kier alpha value is -2.71. The van der Waals surface area contributed by atoms with Gasteiger partial charge in [0.2, 0.25) is 32.7 Å². The van der Waals surface area contributed by atoms with Crippen LogP contribution in [0.25, 0.3) is 0 Å². The van der Waals surface area contributed by atoms with Gasteiger partial charge in [-0.3, -0.25) is 19.2 Å². The molecule has 3 N–H and O–H groups in total. The zero-order valence-electron chi connectivity index (χ0n) is 22.8. The summed E-state index contributed by atoms with van der Waals surface area (Å²) in [5.41, 5.74) is -1.14. The molecule has 1 aliphatic carbocycles. The Balaban J connectivity index is 1.91. The van der Waals surface area contributed by atoms with Crippen LogP contribution in [0.15, 0.2) is 11.2 Å². The molecule has 2 saturated heterocycles. The second-order valence-corrected chi connectivity index (χ2v) is 13.9. The highest BCUT2D eigenvalue weighted by molar-refractivity contribution is 7.94. The van der Waals surface area contributed by atoms with Crippen molar-refractivity contribution in [1.82, 2.24) is 20.9 Å². The molecule has 3 fully saturated rings. The van der Waals surface area contributed by atoms with E-state index in [2.05, 4.69) is 10.6 Å². The third kappa shape index (κ3) is 7.32. The van der Waals surface area contributed by atoms with E-state index in [0.29, 0.717) is 38.1 Å². The summed E-state index contributed by atoms with van der Waals surface area (Å²) in [5.74, 6) is -5.25. The van der Waals surface area contributed by atoms with Crippen molar-refractivity contribution in [3.05, 3.63) is 11.2 Å². The molecule has 2 aliphatic heterocycles. The lowest BCUT2D eigenvalue weighted by atomic mass is 9.85. The SMILES string of the molecule is CC(C)(C)[C@@H](NC(=O)C(F)(F)F)C(=O)N1C[C@H]2CCC[C@H]2[C@H]1C(=O)N[C@H](/C=C(/F)S(C)(=O)=O)C[C@H]1CCNC1=O. The summed E-state index contributed by atoms with van der Waals surface area (Å²) in [4.78, 5) is 52.4. The van der Waals surface area contributed by atoms with E-state index < -0.39 is 68.4 Å². The lowest BCUT2D eigenvalue weighted by Gasteiger charge is -2.36. The highest BCUT2D eigenvalue weighted by atomic mass is 32.2. The van der Waals surface area contributed by atoms with Gasteiger partial charge in [-0.1, -0.05) is 27.2 Å². The third-order valence-electron chi connectivity index (χ3n) is 7.80. The fourth-order valence-electron chi connectivity index (χ4n) is 5.79. The smallest absolute Gasteiger partial charge is 0.356 e. The minimum Gasteiger partial charge on any atom is -0.356 e. The van der Waals surface area contributed by atoms with E-state index >= 15 is 0 Å². The molecule has 2 heterocycles. The Labute approximate surface area is 230 Å². The van der Waals surface area contributed by atoms with Crippen LogP contribution < -0.4 is 16.0 Å². The number of fused-ring (bicyclic) bond motifs is 1. The summed E-state index contributed by atoms with van der Waals surface area (Å²) in [5, 5.41) is 5.50. The normalized spacial score (nSPS) is 27.1. The first-order valence-electron chi connectivity index (χ1n) is 13.1. The molecule has 15 heteroatoms. The maximum absolute atomic E-state index is 14.5. The van der Waals surface area contributed by atoms with Crippen LogP contribution in [0.4, 0.5) is 17.6 Å². The lowest BCUT2D eigenvalue weighted by Crippen LogP contribution is -2.60. The highest BCUT2D eigenvalue weighted by Gasteiger charge is 2.53. The number of halogens is 4. The van der Waals surface area contributed by atoms with E-state index in [1.54, 1.807) is 5.32 Å². The van der Waals surface area contributed by atoms with Crippen LogP contribution in [-0.4, -0.2) is 80.6 Å². The van der Waals surface area contributed by atoms with Crippen LogP contribution in [0.5, 0.6) is 0 Å². The van der Waals surface area contributed by atoms with E-state index in [9.17, 15) is 45.2 Å². The number of carbonyl (C=O) groups excluding carboxylic acids is 4. The van der Waals surface area contributed by atoms with E-state index in [1.807, 2.05) is 0 Å². The number of hydrogen-bond acceptors (Lipinski definition) is 6. The number of rotatable bonds is 8. The molecule has 0 spiro atoms. The third-order valence-corrected chi connectivity index (χ3v) is 8.65. The summed E-state index contributed by atoms with van der Waals surface area (Å²) in [6.45, 7) is 4.91. The molecule has 3 rings (SSSR count). The average Bonchev–Trinajstić information content (AvgIpc) is 3.50. The van der Waals surface area contributed by atoms with Crippen molar-refractivity contribution in [2.24, 2.45) is 23.2 Å². The van der Waals surface area contributed by atoms with Crippen molar-refractivity contribution in [1.29, 1.82) is 0 Å². The Bertz CT molecular complexity index is 1170. The van der Waals surface area contributed by atoms with Crippen molar-refractivity contribution >= 4 is 33.5 Å². The van der Waals surface area contributed by atoms with Gasteiger partial charge < -0.3 is 20.9 Å². The summed E-state index contributed by atoms with van der Waals surface area (Å²) < 4.78 is 77.1. The van der Waals surface area contributed by atoms with E-state index in [4.69, 9.17) is 0 Å². The van der Waals surface area contributed by atoms with Crippen molar-refractivity contribution in [3.8, 4) is 0 Å². The second kappa shape index (κ2) is 11.6. The first kappa shape index (κ1) is 31.8. The van der Waals surface area contributed by atoms with E-state index in [0.717, 1.165) is 6.42 Å². The van der Waals surface area contributed by atoms with Crippen LogP contribution in [-0.2, 0) is 29.0 Å². The summed E-state index contributed by atoms with van der Waals surface area (Å²) in [6.07, 6.45) is -1.55. The van der Waals surface area contributed by atoms with Gasteiger partial charge in [-0.05, 0) is 49.0 Å². The van der Waals surface area contributed by atoms with Crippen LogP contribution >= 0.6 is 0 Å². The predicted octanol–water partition coefficient (Wildman–Crippen LogP) is 1.57. The van der Waals surface area contributed by atoms with Gasteiger partial charge in [-0.2, -0.15) is 17.6 Å². The summed E-state index contributed by atoms with van der Waals surface area (Å²) in [7, 11) is -4.24. The van der Waals surface area contributed by atoms with Gasteiger partial charge in [0.15, 0.2) is 0 Å². The molecule has 0 unspecified atom stereocenters. The maximum Gasteiger partial charge on any atom is 0.471 e. The number of nitrogens with one attached hydrogen (secondary N) is 3. The van der Waals surface area contributed by atoms with Gasteiger partial charge in [-0.25, -0.2) is 8.42 Å². The zero-order valence-corrected chi connectivity index (χ0v) is 23.6. The van der Waals surface area contributed by atoms with Crippen LogP contribution in [0.1, 0.15) is 52.9 Å². The molecule has 1 saturated carbocycles. The largest absolute Gasteiger partial charge is 0.471 e. The number of amides is 4. The van der Waals surface area contributed by atoms with Crippen molar-refractivity contribution in [3.63, 3.8) is 0 Å². The lowest BCUT2D eigenvalue weighted by molar-refractivity contribution is -0.176. The monoisotopic (exact) mass is 596 g/mol. The number of hydrogen-bond donors (Lipinski definition) is 3. The fourth-order valence-corrected chi connectivity index (χ4v) is 6.20. The molecule has 3 aliphatic rings.